The van der Waals surface area contributed by atoms with Crippen LogP contribution >= 0.6 is 0 Å². The molecule has 0 bridgehead atoms. The summed E-state index contributed by atoms with van der Waals surface area (Å²) in [5, 5.41) is 8.80. The number of likely N-dealkylation sites (tertiary alicyclic amines) is 1. The van der Waals surface area contributed by atoms with Crippen molar-refractivity contribution in [2.75, 3.05) is 37.6 Å². The first-order valence-corrected chi connectivity index (χ1v) is 8.34. The summed E-state index contributed by atoms with van der Waals surface area (Å²) < 4.78 is 0. The van der Waals surface area contributed by atoms with Crippen LogP contribution in [0.1, 0.15) is 0 Å². The summed E-state index contributed by atoms with van der Waals surface area (Å²) in [5.41, 5.74) is 7.27. The third-order valence-electron chi connectivity index (χ3n) is 4.99. The monoisotopic (exact) mass is 323 g/mol. The second-order valence-electron chi connectivity index (χ2n) is 6.73. The van der Waals surface area contributed by atoms with Gasteiger partial charge >= 0.3 is 0 Å². The molecule has 2 saturated heterocycles. The van der Waals surface area contributed by atoms with Crippen LogP contribution in [-0.2, 0) is 4.79 Å². The van der Waals surface area contributed by atoms with E-state index in [1.165, 1.54) is 0 Å². The van der Waals surface area contributed by atoms with Crippen molar-refractivity contribution >= 4 is 11.7 Å². The van der Waals surface area contributed by atoms with Gasteiger partial charge in [-0.05, 0) is 24.0 Å². The molecular formula is C18H21N5O. The molecule has 24 heavy (non-hydrogen) atoms. The molecule has 2 aromatic rings. The molecule has 2 aliphatic heterocycles. The highest BCUT2D eigenvalue weighted by molar-refractivity contribution is 5.76. The maximum Gasteiger partial charge on any atom is 0.231 e. The van der Waals surface area contributed by atoms with Gasteiger partial charge in [-0.1, -0.05) is 30.3 Å². The Balaban J connectivity index is 1.41. The van der Waals surface area contributed by atoms with Crippen molar-refractivity contribution in [3.63, 3.8) is 0 Å². The van der Waals surface area contributed by atoms with Gasteiger partial charge in [0.2, 0.25) is 5.91 Å². The Morgan fingerprint density at radius 3 is 2.29 bits per heavy atom. The average Bonchev–Trinajstić information content (AvgIpc) is 3.13. The predicted octanol–water partition coefficient (Wildman–Crippen LogP) is 0.997. The molecule has 6 nitrogen and oxygen atoms in total. The number of nitrogens with two attached hydrogens (primary N) is 1. The number of rotatable bonds is 4. The van der Waals surface area contributed by atoms with E-state index < -0.39 is 0 Å². The number of carbonyl (C=O) groups excluding carboxylic acids is 1. The maximum atomic E-state index is 11.1. The van der Waals surface area contributed by atoms with Crippen LogP contribution in [-0.4, -0.2) is 53.7 Å². The molecule has 1 aromatic heterocycles. The second kappa shape index (κ2) is 6.20. The molecule has 6 heteroatoms. The standard InChI is InChI=1S/C18H21N5O/c19-17(24)12-22-8-14-10-23(11-15(14)9-22)18-7-6-16(20-21-18)13-4-2-1-3-5-13/h1-7,14-15H,8-12H2,(H2,19,24). The van der Waals surface area contributed by atoms with E-state index in [9.17, 15) is 4.79 Å². The summed E-state index contributed by atoms with van der Waals surface area (Å²) in [6.45, 7) is 4.20. The van der Waals surface area contributed by atoms with E-state index in [-0.39, 0.29) is 5.91 Å². The van der Waals surface area contributed by atoms with Crippen molar-refractivity contribution in [2.24, 2.45) is 17.6 Å². The molecule has 1 aromatic carbocycles. The van der Waals surface area contributed by atoms with Crippen molar-refractivity contribution < 1.29 is 4.79 Å². The van der Waals surface area contributed by atoms with Crippen molar-refractivity contribution in [3.05, 3.63) is 42.5 Å². The number of nitrogens with zero attached hydrogens (tertiary/aromatic N) is 4. The van der Waals surface area contributed by atoms with Crippen LogP contribution in [0.3, 0.4) is 0 Å². The molecule has 0 radical (unpaired) electrons. The maximum absolute atomic E-state index is 11.1. The highest BCUT2D eigenvalue weighted by atomic mass is 16.1. The number of hydrogen-bond donors (Lipinski definition) is 1. The van der Waals surface area contributed by atoms with Crippen LogP contribution in [0.5, 0.6) is 0 Å². The third kappa shape index (κ3) is 2.97. The molecule has 0 spiro atoms. The normalized spacial score (nSPS) is 23.4. The van der Waals surface area contributed by atoms with Gasteiger partial charge in [0.05, 0.1) is 12.2 Å². The van der Waals surface area contributed by atoms with E-state index in [1.807, 2.05) is 36.4 Å². The molecule has 2 atom stereocenters. The topological polar surface area (TPSA) is 75.4 Å². The Hall–Kier alpha value is -2.47. The van der Waals surface area contributed by atoms with Crippen LogP contribution in [0.2, 0.25) is 0 Å². The Morgan fingerprint density at radius 1 is 1.00 bits per heavy atom. The fourth-order valence-electron chi connectivity index (χ4n) is 3.88. The quantitative estimate of drug-likeness (QED) is 0.908. The fourth-order valence-corrected chi connectivity index (χ4v) is 3.88. The van der Waals surface area contributed by atoms with Crippen molar-refractivity contribution in [3.8, 4) is 11.3 Å². The van der Waals surface area contributed by atoms with Crippen molar-refractivity contribution in [1.82, 2.24) is 15.1 Å². The minimum absolute atomic E-state index is 0.241. The van der Waals surface area contributed by atoms with Crippen LogP contribution in [0, 0.1) is 11.8 Å². The van der Waals surface area contributed by atoms with Gasteiger partial charge in [0, 0.05) is 31.7 Å². The Labute approximate surface area is 141 Å². The van der Waals surface area contributed by atoms with E-state index in [0.29, 0.717) is 18.4 Å². The van der Waals surface area contributed by atoms with Gasteiger partial charge in [-0.3, -0.25) is 9.69 Å². The van der Waals surface area contributed by atoms with Gasteiger partial charge in [-0.25, -0.2) is 0 Å². The zero-order valence-corrected chi connectivity index (χ0v) is 13.5. The van der Waals surface area contributed by atoms with Gasteiger partial charge in [0.1, 0.15) is 0 Å². The van der Waals surface area contributed by atoms with Gasteiger partial charge < -0.3 is 10.6 Å². The van der Waals surface area contributed by atoms with Gasteiger partial charge in [0.15, 0.2) is 5.82 Å². The lowest BCUT2D eigenvalue weighted by Gasteiger charge is -2.21. The number of carbonyl (C=O) groups is 1. The molecular weight excluding hydrogens is 302 g/mol. The summed E-state index contributed by atoms with van der Waals surface area (Å²) in [6.07, 6.45) is 0. The van der Waals surface area contributed by atoms with Crippen LogP contribution in [0.25, 0.3) is 11.3 Å². The van der Waals surface area contributed by atoms with Crippen LogP contribution in [0.4, 0.5) is 5.82 Å². The van der Waals surface area contributed by atoms with Crippen LogP contribution in [0.15, 0.2) is 42.5 Å². The van der Waals surface area contributed by atoms with E-state index in [4.69, 9.17) is 5.73 Å². The molecule has 1 amide bonds. The summed E-state index contributed by atoms with van der Waals surface area (Å²) >= 11 is 0. The molecule has 3 heterocycles. The van der Waals surface area contributed by atoms with E-state index in [2.05, 4.69) is 26.1 Å². The first-order chi connectivity index (χ1) is 11.7. The number of aromatic nitrogens is 2. The summed E-state index contributed by atoms with van der Waals surface area (Å²) in [7, 11) is 0. The van der Waals surface area contributed by atoms with Gasteiger partial charge in [-0.2, -0.15) is 0 Å². The van der Waals surface area contributed by atoms with E-state index >= 15 is 0 Å². The van der Waals surface area contributed by atoms with Crippen LogP contribution < -0.4 is 10.6 Å². The second-order valence-corrected chi connectivity index (χ2v) is 6.73. The van der Waals surface area contributed by atoms with Crippen molar-refractivity contribution in [2.45, 2.75) is 0 Å². The summed E-state index contributed by atoms with van der Waals surface area (Å²) in [4.78, 5) is 15.5. The molecule has 2 aliphatic rings. The lowest BCUT2D eigenvalue weighted by atomic mass is 10.0. The number of primary amides is 1. The van der Waals surface area contributed by atoms with Gasteiger partial charge in [-0.15, -0.1) is 10.2 Å². The van der Waals surface area contributed by atoms with E-state index in [0.717, 1.165) is 43.3 Å². The highest BCUT2D eigenvalue weighted by Gasteiger charge is 2.40. The molecule has 2 unspecified atom stereocenters. The van der Waals surface area contributed by atoms with Crippen molar-refractivity contribution in [1.29, 1.82) is 0 Å². The molecule has 2 N–H and O–H groups in total. The average molecular weight is 323 g/mol. The number of hydrogen-bond acceptors (Lipinski definition) is 5. The zero-order chi connectivity index (χ0) is 16.5. The SMILES string of the molecule is NC(=O)CN1CC2CN(c3ccc(-c4ccccc4)nn3)CC2C1. The Morgan fingerprint density at radius 2 is 1.71 bits per heavy atom. The highest BCUT2D eigenvalue weighted by Crippen LogP contribution is 2.33. The molecule has 0 saturated carbocycles. The smallest absolute Gasteiger partial charge is 0.231 e. The molecule has 0 aliphatic carbocycles. The first-order valence-electron chi connectivity index (χ1n) is 8.34. The third-order valence-corrected chi connectivity index (χ3v) is 4.99. The number of anilines is 1. The number of fused-ring (bicyclic) bond motifs is 1. The lowest BCUT2D eigenvalue weighted by Crippen LogP contribution is -2.35. The molecule has 124 valence electrons. The van der Waals surface area contributed by atoms with Gasteiger partial charge in [0.25, 0.3) is 0 Å². The summed E-state index contributed by atoms with van der Waals surface area (Å²) in [5.74, 6) is 1.86. The molecule has 4 rings (SSSR count). The predicted molar refractivity (Wildman–Crippen MR) is 92.3 cm³/mol. The zero-order valence-electron chi connectivity index (χ0n) is 13.5. The number of amides is 1. The summed E-state index contributed by atoms with van der Waals surface area (Å²) in [6, 6.07) is 14.2. The largest absolute Gasteiger partial charge is 0.369 e. The van der Waals surface area contributed by atoms with E-state index in [1.54, 1.807) is 0 Å². The Kier molecular flexibility index (Phi) is 3.90. The Bertz CT molecular complexity index is 704. The fraction of sp³-hybridized carbons (Fsp3) is 0.389. The minimum atomic E-state index is -0.241. The molecule has 2 fully saturated rings. The lowest BCUT2D eigenvalue weighted by molar-refractivity contribution is -0.118. The minimum Gasteiger partial charge on any atom is -0.369 e. The first kappa shape index (κ1) is 15.1. The number of benzene rings is 1.